The number of halogens is 5. The van der Waals surface area contributed by atoms with Crippen LogP contribution in [-0.4, -0.2) is 0 Å². The Morgan fingerprint density at radius 3 is 2.20 bits per heavy atom. The lowest BCUT2D eigenvalue weighted by Gasteiger charge is -2.13. The van der Waals surface area contributed by atoms with Crippen molar-refractivity contribution < 1.29 is 13.5 Å². The molecule has 7 heteroatoms. The minimum Gasteiger partial charge on any atom is -0.455 e. The van der Waals surface area contributed by atoms with E-state index in [9.17, 15) is 8.78 Å². The highest BCUT2D eigenvalue weighted by Gasteiger charge is 2.17. The Hall–Kier alpha value is -1.23. The fourth-order valence-corrected chi connectivity index (χ4v) is 2.11. The highest BCUT2D eigenvalue weighted by Crippen LogP contribution is 2.39. The van der Waals surface area contributed by atoms with Crippen molar-refractivity contribution in [2.75, 3.05) is 5.73 Å². The molecule has 20 heavy (non-hydrogen) atoms. The van der Waals surface area contributed by atoms with E-state index in [4.69, 9.17) is 45.3 Å². The van der Waals surface area contributed by atoms with Crippen molar-refractivity contribution in [3.63, 3.8) is 0 Å². The van der Waals surface area contributed by atoms with E-state index >= 15 is 0 Å². The molecule has 2 nitrogen and oxygen atoms in total. The minimum atomic E-state index is -2.73. The van der Waals surface area contributed by atoms with Gasteiger partial charge in [0.2, 0.25) is 0 Å². The number of rotatable bonds is 3. The molecular weight excluding hydrogens is 331 g/mol. The maximum absolute atomic E-state index is 12.9. The predicted octanol–water partition coefficient (Wildman–Crippen LogP) is 5.96. The third kappa shape index (κ3) is 3.26. The van der Waals surface area contributed by atoms with E-state index in [2.05, 4.69) is 0 Å². The Balaban J connectivity index is 2.42. The van der Waals surface area contributed by atoms with E-state index in [1.165, 1.54) is 24.3 Å². The fourth-order valence-electron chi connectivity index (χ4n) is 1.53. The van der Waals surface area contributed by atoms with Gasteiger partial charge in [-0.25, -0.2) is 8.78 Å². The van der Waals surface area contributed by atoms with E-state index in [0.29, 0.717) is 0 Å². The zero-order valence-corrected chi connectivity index (χ0v) is 12.1. The smallest absolute Gasteiger partial charge is 0.267 e. The summed E-state index contributed by atoms with van der Waals surface area (Å²) in [7, 11) is 0. The predicted molar refractivity (Wildman–Crippen MR) is 77.4 cm³/mol. The van der Waals surface area contributed by atoms with Crippen LogP contribution >= 0.6 is 34.8 Å². The second-order valence-corrected chi connectivity index (χ2v) is 5.12. The van der Waals surface area contributed by atoms with Crippen LogP contribution in [0.2, 0.25) is 15.1 Å². The van der Waals surface area contributed by atoms with Gasteiger partial charge < -0.3 is 10.5 Å². The Kier molecular flexibility index (Phi) is 4.58. The molecule has 0 amide bonds. The van der Waals surface area contributed by atoms with Crippen LogP contribution in [0, 0.1) is 0 Å². The maximum atomic E-state index is 12.9. The molecule has 2 N–H and O–H groups in total. The first-order valence-corrected chi connectivity index (χ1v) is 6.52. The molecule has 0 saturated heterocycles. The van der Waals surface area contributed by atoms with Crippen LogP contribution in [0.1, 0.15) is 12.0 Å². The number of hydrogen-bond acceptors (Lipinski definition) is 2. The number of hydrogen-bond donors (Lipinski definition) is 1. The number of nitrogens with two attached hydrogens (primary N) is 1. The number of benzene rings is 2. The molecule has 106 valence electrons. The van der Waals surface area contributed by atoms with E-state index in [0.717, 1.165) is 6.07 Å². The summed E-state index contributed by atoms with van der Waals surface area (Å²) in [5.74, 6) is 0.0854. The summed E-state index contributed by atoms with van der Waals surface area (Å²) in [6.07, 6.45) is -2.73. The number of alkyl halides is 2. The van der Waals surface area contributed by atoms with E-state index in [1.807, 2.05) is 0 Å². The lowest BCUT2D eigenvalue weighted by molar-refractivity contribution is 0.148. The molecule has 2 aromatic rings. The zero-order chi connectivity index (χ0) is 14.9. The van der Waals surface area contributed by atoms with Gasteiger partial charge in [0.25, 0.3) is 6.43 Å². The molecule has 0 aromatic heterocycles. The number of ether oxygens (including phenoxy) is 1. The van der Waals surface area contributed by atoms with Crippen LogP contribution in [0.3, 0.4) is 0 Å². The summed E-state index contributed by atoms with van der Waals surface area (Å²) in [6.45, 7) is 0. The Labute approximate surface area is 129 Å². The van der Waals surface area contributed by atoms with E-state index in [1.54, 1.807) is 0 Å². The first kappa shape index (κ1) is 15.2. The molecule has 0 fully saturated rings. The van der Waals surface area contributed by atoms with Gasteiger partial charge in [-0.05, 0) is 24.3 Å². The van der Waals surface area contributed by atoms with Gasteiger partial charge in [-0.1, -0.05) is 34.8 Å². The van der Waals surface area contributed by atoms with Crippen molar-refractivity contribution in [2.45, 2.75) is 6.43 Å². The summed E-state index contributed by atoms with van der Waals surface area (Å²) in [4.78, 5) is 0. The van der Waals surface area contributed by atoms with Crippen LogP contribution in [0.4, 0.5) is 14.5 Å². The summed E-state index contributed by atoms with van der Waals surface area (Å²) >= 11 is 17.6. The molecule has 0 radical (unpaired) electrons. The van der Waals surface area contributed by atoms with Crippen molar-refractivity contribution >= 4 is 40.5 Å². The maximum Gasteiger partial charge on any atom is 0.267 e. The quantitative estimate of drug-likeness (QED) is 0.553. The molecule has 0 aliphatic carbocycles. The fraction of sp³-hybridized carbons (Fsp3) is 0.0769. The average Bonchev–Trinajstić information content (AvgIpc) is 2.37. The second-order valence-electron chi connectivity index (χ2n) is 3.90. The molecule has 2 rings (SSSR count). The highest BCUT2D eigenvalue weighted by atomic mass is 35.5. The van der Waals surface area contributed by atoms with Gasteiger partial charge in [-0.3, -0.25) is 0 Å². The second kappa shape index (κ2) is 6.04. The lowest BCUT2D eigenvalue weighted by Crippen LogP contribution is -1.95. The van der Waals surface area contributed by atoms with Gasteiger partial charge in [0.15, 0.2) is 0 Å². The van der Waals surface area contributed by atoms with Gasteiger partial charge >= 0.3 is 0 Å². The molecular formula is C13H8Cl3F2NO. The molecule has 0 spiro atoms. The molecule has 0 heterocycles. The molecule has 0 aliphatic rings. The monoisotopic (exact) mass is 337 g/mol. The summed E-state index contributed by atoms with van der Waals surface area (Å²) in [5.41, 5.74) is 5.37. The average molecular weight is 339 g/mol. The van der Waals surface area contributed by atoms with E-state index in [-0.39, 0.29) is 37.8 Å². The van der Waals surface area contributed by atoms with Gasteiger partial charge in [0.05, 0.1) is 20.6 Å². The van der Waals surface area contributed by atoms with Gasteiger partial charge in [-0.15, -0.1) is 0 Å². The molecule has 0 aliphatic heterocycles. The summed E-state index contributed by atoms with van der Waals surface area (Å²) in [5, 5.41) is 0.618. The molecule has 0 saturated carbocycles. The van der Waals surface area contributed by atoms with Crippen molar-refractivity contribution in [1.82, 2.24) is 0 Å². The van der Waals surface area contributed by atoms with Crippen LogP contribution in [0.25, 0.3) is 0 Å². The number of nitrogen functional groups attached to an aromatic ring is 1. The molecule has 0 unspecified atom stereocenters. The molecule has 0 atom stereocenters. The molecule has 2 aromatic carbocycles. The van der Waals surface area contributed by atoms with Crippen molar-refractivity contribution in [3.05, 3.63) is 51.0 Å². The first-order valence-electron chi connectivity index (χ1n) is 5.38. The topological polar surface area (TPSA) is 35.2 Å². The SMILES string of the molecule is Nc1ccc(Oc2cc(Cl)c(Cl)cc2Cl)c(C(F)F)c1. The first-order chi connectivity index (χ1) is 9.38. The Bertz CT molecular complexity index is 650. The largest absolute Gasteiger partial charge is 0.455 e. The minimum absolute atomic E-state index is 0.0468. The normalized spacial score (nSPS) is 10.9. The third-order valence-corrected chi connectivity index (χ3v) is 3.48. The zero-order valence-electron chi connectivity index (χ0n) is 9.84. The Morgan fingerprint density at radius 1 is 0.900 bits per heavy atom. The standard InChI is InChI=1S/C13H8Cl3F2NO/c14-8-4-10(16)12(5-9(8)15)20-11-2-1-6(19)3-7(11)13(17)18/h1-5,13H,19H2. The van der Waals surface area contributed by atoms with Crippen LogP contribution in [0.5, 0.6) is 11.5 Å². The summed E-state index contributed by atoms with van der Waals surface area (Å²) < 4.78 is 31.3. The molecule has 0 bridgehead atoms. The number of anilines is 1. The van der Waals surface area contributed by atoms with Gasteiger partial charge in [-0.2, -0.15) is 0 Å². The van der Waals surface area contributed by atoms with Crippen molar-refractivity contribution in [1.29, 1.82) is 0 Å². The third-order valence-electron chi connectivity index (χ3n) is 2.46. The van der Waals surface area contributed by atoms with Crippen molar-refractivity contribution in [2.24, 2.45) is 0 Å². The van der Waals surface area contributed by atoms with E-state index < -0.39 is 6.43 Å². The summed E-state index contributed by atoms with van der Waals surface area (Å²) in [6, 6.07) is 6.67. The van der Waals surface area contributed by atoms with Crippen LogP contribution in [0.15, 0.2) is 30.3 Å². The van der Waals surface area contributed by atoms with Crippen molar-refractivity contribution in [3.8, 4) is 11.5 Å². The lowest BCUT2D eigenvalue weighted by atomic mass is 10.2. The van der Waals surface area contributed by atoms with Gasteiger partial charge in [0.1, 0.15) is 11.5 Å². The van der Waals surface area contributed by atoms with Gasteiger partial charge in [0, 0.05) is 11.8 Å². The van der Waals surface area contributed by atoms with Crippen LogP contribution in [-0.2, 0) is 0 Å². The Morgan fingerprint density at radius 2 is 1.55 bits per heavy atom. The highest BCUT2D eigenvalue weighted by molar-refractivity contribution is 6.43. The van der Waals surface area contributed by atoms with Crippen LogP contribution < -0.4 is 10.5 Å².